The molecule has 16 aromatic rings. The number of aryl methyl sites for hydroxylation is 2. The Labute approximate surface area is 451 Å². The second-order valence-corrected chi connectivity index (χ2v) is 20.9. The summed E-state index contributed by atoms with van der Waals surface area (Å²) in [7, 11) is 0. The van der Waals surface area contributed by atoms with Gasteiger partial charge < -0.3 is 18.3 Å². The predicted molar refractivity (Wildman–Crippen MR) is 330 cm³/mol. The third kappa shape index (κ3) is 6.53. The molecule has 16 rings (SSSR count). The molecule has 0 radical (unpaired) electrons. The van der Waals surface area contributed by atoms with E-state index < -0.39 is 0 Å². The number of nitrogens with zero attached hydrogens (tertiary/aromatic N) is 4. The standard InChI is InChI=1S/C74H50N4/c1-47-45-53(77-67-27-11-5-19-59(67)60-20-6-12-28-68(60)77)41-43-55(47)56-44-42-54(46-48(56)2)78-70-30-14-8-22-64(70)74-62(24-16-32-72(74)78)61-23-15-31-71-73(61)63-21-7-13-29-69(63)76(71)52-39-35-50(36-40-52)49-33-37-51(38-34-49)75-65-25-9-3-17-57(65)58-18-4-10-26-66(58)75/h3-46H,1-2H3. The van der Waals surface area contributed by atoms with Crippen LogP contribution in [0, 0.1) is 13.8 Å². The minimum atomic E-state index is 1.13. The van der Waals surface area contributed by atoms with Gasteiger partial charge in [0.15, 0.2) is 0 Å². The van der Waals surface area contributed by atoms with E-state index in [2.05, 4.69) is 299 Å². The van der Waals surface area contributed by atoms with Crippen molar-refractivity contribution in [1.29, 1.82) is 0 Å². The number of fused-ring (bicyclic) bond motifs is 12. The summed E-state index contributed by atoms with van der Waals surface area (Å²) in [6.07, 6.45) is 0. The lowest BCUT2D eigenvalue weighted by molar-refractivity contribution is 1.16. The maximum Gasteiger partial charge on any atom is 0.0547 e. The van der Waals surface area contributed by atoms with Gasteiger partial charge in [-0.3, -0.25) is 0 Å². The van der Waals surface area contributed by atoms with Crippen LogP contribution in [0.1, 0.15) is 11.1 Å². The summed E-state index contributed by atoms with van der Waals surface area (Å²) in [5, 5.41) is 10.1. The number of para-hydroxylation sites is 6. The fraction of sp³-hybridized carbons (Fsp3) is 0.0270. The van der Waals surface area contributed by atoms with Gasteiger partial charge >= 0.3 is 0 Å². The second kappa shape index (κ2) is 17.2. The van der Waals surface area contributed by atoms with E-state index in [0.29, 0.717) is 0 Å². The number of benzene rings is 12. The predicted octanol–water partition coefficient (Wildman–Crippen LogP) is 19.7. The quantitative estimate of drug-likeness (QED) is 0.152. The van der Waals surface area contributed by atoms with E-state index in [4.69, 9.17) is 0 Å². The van der Waals surface area contributed by atoms with Crippen molar-refractivity contribution in [3.05, 3.63) is 278 Å². The summed E-state index contributed by atoms with van der Waals surface area (Å²) < 4.78 is 9.68. The van der Waals surface area contributed by atoms with Gasteiger partial charge in [-0.1, -0.05) is 170 Å². The van der Waals surface area contributed by atoms with Gasteiger partial charge in [-0.05, 0) is 155 Å². The van der Waals surface area contributed by atoms with Crippen molar-refractivity contribution in [2.75, 3.05) is 0 Å². The Balaban J connectivity index is 0.768. The van der Waals surface area contributed by atoms with Gasteiger partial charge in [-0.15, -0.1) is 0 Å². The van der Waals surface area contributed by atoms with Gasteiger partial charge in [-0.25, -0.2) is 0 Å². The molecule has 366 valence electrons. The molecule has 4 heteroatoms. The molecule has 0 spiro atoms. The molecule has 0 saturated heterocycles. The zero-order valence-electron chi connectivity index (χ0n) is 43.2. The molecule has 4 aromatic heterocycles. The lowest BCUT2D eigenvalue weighted by Crippen LogP contribution is -1.98. The third-order valence-electron chi connectivity index (χ3n) is 16.7. The van der Waals surface area contributed by atoms with Crippen LogP contribution in [-0.4, -0.2) is 18.3 Å². The van der Waals surface area contributed by atoms with Crippen LogP contribution in [0.15, 0.2) is 267 Å². The molecule has 0 N–H and O–H groups in total. The minimum Gasteiger partial charge on any atom is -0.309 e. The Hall–Kier alpha value is -10.2. The molecule has 0 fully saturated rings. The van der Waals surface area contributed by atoms with Crippen molar-refractivity contribution in [1.82, 2.24) is 18.3 Å². The van der Waals surface area contributed by atoms with E-state index in [0.717, 1.165) is 17.1 Å². The molecule has 0 aliphatic carbocycles. The molecule has 0 amide bonds. The Morgan fingerprint density at radius 2 is 0.474 bits per heavy atom. The van der Waals surface area contributed by atoms with Crippen LogP contribution in [0.5, 0.6) is 0 Å². The van der Waals surface area contributed by atoms with Crippen LogP contribution in [0.2, 0.25) is 0 Å². The van der Waals surface area contributed by atoms with E-state index in [1.165, 1.54) is 137 Å². The Kier molecular flexibility index (Phi) is 9.73. The molecule has 0 aliphatic heterocycles. The first kappa shape index (κ1) is 44.2. The minimum absolute atomic E-state index is 1.13. The first-order chi connectivity index (χ1) is 38.6. The summed E-state index contributed by atoms with van der Waals surface area (Å²) >= 11 is 0. The summed E-state index contributed by atoms with van der Waals surface area (Å²) in [5.74, 6) is 0. The van der Waals surface area contributed by atoms with E-state index >= 15 is 0 Å². The highest BCUT2D eigenvalue weighted by atomic mass is 15.0. The average Bonchev–Trinajstić information content (AvgIpc) is 4.40. The zero-order chi connectivity index (χ0) is 51.6. The number of rotatable bonds is 7. The van der Waals surface area contributed by atoms with Gasteiger partial charge in [0.05, 0.1) is 44.1 Å². The van der Waals surface area contributed by atoms with Crippen molar-refractivity contribution in [2.24, 2.45) is 0 Å². The molecule has 4 heterocycles. The molecule has 0 aliphatic rings. The lowest BCUT2D eigenvalue weighted by Gasteiger charge is -2.16. The maximum absolute atomic E-state index is 2.46. The molecule has 0 unspecified atom stereocenters. The van der Waals surface area contributed by atoms with Crippen molar-refractivity contribution < 1.29 is 0 Å². The fourth-order valence-electron chi connectivity index (χ4n) is 13.2. The van der Waals surface area contributed by atoms with E-state index in [9.17, 15) is 0 Å². The van der Waals surface area contributed by atoms with Crippen molar-refractivity contribution in [2.45, 2.75) is 13.8 Å². The molecule has 12 aromatic carbocycles. The molecular formula is C74H50N4. The molecule has 0 atom stereocenters. The van der Waals surface area contributed by atoms with Gasteiger partial charge in [0.25, 0.3) is 0 Å². The maximum atomic E-state index is 2.46. The topological polar surface area (TPSA) is 19.7 Å². The van der Waals surface area contributed by atoms with E-state index in [-0.39, 0.29) is 0 Å². The van der Waals surface area contributed by atoms with E-state index in [1.54, 1.807) is 0 Å². The molecule has 4 nitrogen and oxygen atoms in total. The van der Waals surface area contributed by atoms with Gasteiger partial charge in [0.1, 0.15) is 0 Å². The van der Waals surface area contributed by atoms with Crippen LogP contribution in [-0.2, 0) is 0 Å². The fourth-order valence-corrected chi connectivity index (χ4v) is 13.2. The first-order valence-corrected chi connectivity index (χ1v) is 27.0. The van der Waals surface area contributed by atoms with Crippen LogP contribution >= 0.6 is 0 Å². The second-order valence-electron chi connectivity index (χ2n) is 20.9. The SMILES string of the molecule is Cc1cc(-n2c3ccccc3c3ccccc32)ccc1-c1ccc(-n2c3ccccc3c3c(-c4cccc5c4c4ccccc4n5-c4ccc(-c5ccc(-n6c7ccccc7c7ccccc76)cc5)cc4)cccc32)cc1C. The van der Waals surface area contributed by atoms with Crippen LogP contribution < -0.4 is 0 Å². The number of hydrogen-bond acceptors (Lipinski definition) is 0. The smallest absolute Gasteiger partial charge is 0.0547 e. The van der Waals surface area contributed by atoms with Gasteiger partial charge in [-0.2, -0.15) is 0 Å². The highest BCUT2D eigenvalue weighted by molar-refractivity contribution is 6.22. The number of aromatic nitrogens is 4. The molecular weight excluding hydrogens is 945 g/mol. The Morgan fingerprint density at radius 1 is 0.205 bits per heavy atom. The summed E-state index contributed by atoms with van der Waals surface area (Å²) in [5.41, 5.74) is 24.0. The van der Waals surface area contributed by atoms with Crippen LogP contribution in [0.25, 0.3) is 143 Å². The van der Waals surface area contributed by atoms with Crippen molar-refractivity contribution in [3.63, 3.8) is 0 Å². The van der Waals surface area contributed by atoms with Crippen molar-refractivity contribution >= 4 is 87.2 Å². The number of hydrogen-bond donors (Lipinski definition) is 0. The normalized spacial score (nSPS) is 12.0. The van der Waals surface area contributed by atoms with Crippen LogP contribution in [0.3, 0.4) is 0 Å². The Bertz CT molecular complexity index is 4990. The molecule has 78 heavy (non-hydrogen) atoms. The van der Waals surface area contributed by atoms with Gasteiger partial charge in [0.2, 0.25) is 0 Å². The zero-order valence-corrected chi connectivity index (χ0v) is 43.2. The summed E-state index contributed by atoms with van der Waals surface area (Å²) in [6.45, 7) is 4.50. The highest BCUT2D eigenvalue weighted by Gasteiger charge is 2.22. The first-order valence-electron chi connectivity index (χ1n) is 27.0. The molecule has 0 bridgehead atoms. The largest absolute Gasteiger partial charge is 0.309 e. The lowest BCUT2D eigenvalue weighted by atomic mass is 9.95. The van der Waals surface area contributed by atoms with E-state index in [1.807, 2.05) is 0 Å². The third-order valence-corrected chi connectivity index (χ3v) is 16.7. The summed E-state index contributed by atoms with van der Waals surface area (Å²) in [4.78, 5) is 0. The molecule has 0 saturated carbocycles. The summed E-state index contributed by atoms with van der Waals surface area (Å²) in [6, 6.07) is 98.4. The Morgan fingerprint density at radius 3 is 0.833 bits per heavy atom. The van der Waals surface area contributed by atoms with Crippen LogP contribution in [0.4, 0.5) is 0 Å². The van der Waals surface area contributed by atoms with Gasteiger partial charge in [0, 0.05) is 65.8 Å². The average molecular weight is 995 g/mol. The van der Waals surface area contributed by atoms with Crippen molar-refractivity contribution in [3.8, 4) is 56.1 Å². The monoisotopic (exact) mass is 994 g/mol. The highest BCUT2D eigenvalue weighted by Crippen LogP contribution is 2.45.